The number of phenolic OH excluding ortho intramolecular Hbond substituents is 1. The van der Waals surface area contributed by atoms with Crippen molar-refractivity contribution in [2.24, 2.45) is 0 Å². The summed E-state index contributed by atoms with van der Waals surface area (Å²) in [6, 6.07) is 43.1. The first-order valence-electron chi connectivity index (χ1n) is 18.2. The van der Waals surface area contributed by atoms with Gasteiger partial charge in [0.25, 0.3) is 0 Å². The lowest BCUT2D eigenvalue weighted by Crippen LogP contribution is -2.52. The molecule has 0 aliphatic heterocycles. The van der Waals surface area contributed by atoms with Crippen LogP contribution in [0.3, 0.4) is 0 Å². The van der Waals surface area contributed by atoms with Crippen LogP contribution in [-0.4, -0.2) is 51.9 Å². The van der Waals surface area contributed by atoms with E-state index in [-0.39, 0.29) is 5.75 Å². The fourth-order valence-electron chi connectivity index (χ4n) is 6.43. The third-order valence-corrected chi connectivity index (χ3v) is 18.0. The lowest BCUT2D eigenvalue weighted by molar-refractivity contribution is 0.305. The lowest BCUT2D eigenvalue weighted by Gasteiger charge is -2.38. The molecule has 6 aromatic rings. The fourth-order valence-corrected chi connectivity index (χ4v) is 18.9. The first-order chi connectivity index (χ1) is 25.2. The van der Waals surface area contributed by atoms with E-state index in [9.17, 15) is 5.11 Å². The molecule has 0 aliphatic rings. The number of benzene rings is 5. The van der Waals surface area contributed by atoms with Crippen LogP contribution in [0.1, 0.15) is 6.42 Å². The molecule has 1 N–H and O–H groups in total. The van der Waals surface area contributed by atoms with E-state index in [1.807, 2.05) is 72.8 Å². The molecular formula is C43H49N3O4Si3. The van der Waals surface area contributed by atoms with E-state index in [2.05, 4.69) is 94.4 Å². The molecule has 0 unspecified atom stereocenters. The van der Waals surface area contributed by atoms with Gasteiger partial charge in [0, 0.05) is 17.2 Å². The van der Waals surface area contributed by atoms with Crippen LogP contribution in [0.2, 0.25) is 51.9 Å². The van der Waals surface area contributed by atoms with Crippen molar-refractivity contribution >= 4 is 25.2 Å². The highest BCUT2D eigenvalue weighted by Crippen LogP contribution is 2.34. The average Bonchev–Trinajstić information content (AvgIpc) is 3.12. The summed E-state index contributed by atoms with van der Waals surface area (Å²) in [4.78, 5) is 14.7. The third kappa shape index (κ3) is 10.5. The molecule has 0 saturated heterocycles. The molecule has 1 aromatic heterocycles. The van der Waals surface area contributed by atoms with Gasteiger partial charge in [0.15, 0.2) is 34.1 Å². The molecule has 1 heterocycles. The normalized spacial score (nSPS) is 12.1. The van der Waals surface area contributed by atoms with Crippen molar-refractivity contribution in [1.29, 1.82) is 0 Å². The minimum absolute atomic E-state index is 0.0350. The van der Waals surface area contributed by atoms with Gasteiger partial charge in [0.05, 0.1) is 12.2 Å². The second kappa shape index (κ2) is 16.1. The Kier molecular flexibility index (Phi) is 11.6. The molecule has 0 fully saturated rings. The van der Waals surface area contributed by atoms with E-state index in [1.54, 1.807) is 6.07 Å². The summed E-state index contributed by atoms with van der Waals surface area (Å²) in [6.45, 7) is 16.0. The minimum Gasteiger partial charge on any atom is -0.507 e. The summed E-state index contributed by atoms with van der Waals surface area (Å²) >= 11 is 0. The van der Waals surface area contributed by atoms with Crippen molar-refractivity contribution in [1.82, 2.24) is 15.0 Å². The third-order valence-electron chi connectivity index (χ3n) is 8.43. The van der Waals surface area contributed by atoms with Crippen LogP contribution in [0.5, 0.6) is 11.5 Å². The molecule has 0 saturated carbocycles. The summed E-state index contributed by atoms with van der Waals surface area (Å²) in [6.07, 6.45) is 0.798. The van der Waals surface area contributed by atoms with E-state index in [0.29, 0.717) is 35.4 Å². The molecule has 0 atom stereocenters. The van der Waals surface area contributed by atoms with Gasteiger partial charge >= 0.3 is 8.56 Å². The van der Waals surface area contributed by atoms with Crippen molar-refractivity contribution in [2.75, 3.05) is 6.61 Å². The molecule has 0 radical (unpaired) electrons. The van der Waals surface area contributed by atoms with Crippen LogP contribution >= 0.6 is 0 Å². The Balaban J connectivity index is 1.26. The van der Waals surface area contributed by atoms with Gasteiger partial charge in [-0.3, -0.25) is 0 Å². The van der Waals surface area contributed by atoms with Crippen LogP contribution in [0, 0.1) is 0 Å². The summed E-state index contributed by atoms with van der Waals surface area (Å²) in [5.41, 5.74) is 6.68. The van der Waals surface area contributed by atoms with Gasteiger partial charge in [0.1, 0.15) is 11.5 Å². The van der Waals surface area contributed by atoms with E-state index in [0.717, 1.165) is 45.8 Å². The smallest absolute Gasteiger partial charge is 0.314 e. The highest BCUT2D eigenvalue weighted by Gasteiger charge is 2.39. The molecule has 272 valence electrons. The second-order valence-electron chi connectivity index (χ2n) is 15.4. The van der Waals surface area contributed by atoms with Crippen LogP contribution in [0.25, 0.3) is 56.4 Å². The first-order valence-corrected chi connectivity index (χ1v) is 27.5. The van der Waals surface area contributed by atoms with Crippen molar-refractivity contribution in [3.8, 4) is 67.9 Å². The zero-order chi connectivity index (χ0) is 37.6. The van der Waals surface area contributed by atoms with E-state index >= 15 is 0 Å². The van der Waals surface area contributed by atoms with Gasteiger partial charge in [0.2, 0.25) is 0 Å². The number of phenols is 1. The molecule has 0 amide bonds. The predicted molar refractivity (Wildman–Crippen MR) is 224 cm³/mol. The highest BCUT2D eigenvalue weighted by atomic mass is 28.5. The standard InChI is InChI=1S/C43H49N3O4Si3/c1-51(2,3)49-53(7,50-52(4,5)6)30-14-29-48-38-27-28-39(40(47)31-38)43-45-41(36-23-19-34(20-24-36)32-15-10-8-11-16-32)44-42(46-43)37-25-21-35(22-26-37)33-17-12-9-13-18-33/h8-13,15-28,31,47H,14,29-30H2,1-7H3. The first kappa shape index (κ1) is 38.0. The lowest BCUT2D eigenvalue weighted by atomic mass is 10.0. The molecule has 53 heavy (non-hydrogen) atoms. The Labute approximate surface area is 317 Å². The molecule has 10 heteroatoms. The Morgan fingerprint density at radius 2 is 0.906 bits per heavy atom. The summed E-state index contributed by atoms with van der Waals surface area (Å²) in [5, 5.41) is 11.3. The summed E-state index contributed by atoms with van der Waals surface area (Å²) in [7, 11) is -5.92. The zero-order valence-corrected chi connectivity index (χ0v) is 34.8. The van der Waals surface area contributed by atoms with Crippen LogP contribution < -0.4 is 4.74 Å². The molecular weight excluding hydrogens is 707 g/mol. The van der Waals surface area contributed by atoms with Crippen LogP contribution in [0.4, 0.5) is 0 Å². The zero-order valence-electron chi connectivity index (χ0n) is 31.8. The number of rotatable bonds is 14. The van der Waals surface area contributed by atoms with Gasteiger partial charge in [-0.1, -0.05) is 109 Å². The van der Waals surface area contributed by atoms with Crippen molar-refractivity contribution in [2.45, 2.75) is 58.3 Å². The van der Waals surface area contributed by atoms with Gasteiger partial charge in [-0.2, -0.15) is 0 Å². The summed E-state index contributed by atoms with van der Waals surface area (Å²) < 4.78 is 19.4. The number of nitrogens with zero attached hydrogens (tertiary/aromatic N) is 3. The van der Waals surface area contributed by atoms with E-state index < -0.39 is 25.2 Å². The minimum atomic E-state index is -2.36. The fraction of sp³-hybridized carbons (Fsp3) is 0.233. The Hall–Kier alpha value is -4.72. The highest BCUT2D eigenvalue weighted by molar-refractivity contribution is 6.87. The Bertz CT molecular complexity index is 2000. The SMILES string of the molecule is C[Si](C)(C)O[Si](C)(CCCOc1ccc(-c2nc(-c3ccc(-c4ccccc4)cc3)nc(-c3ccc(-c4ccccc4)cc3)n2)c(O)c1)O[Si](C)(C)C. The van der Waals surface area contributed by atoms with Crippen LogP contribution in [-0.2, 0) is 8.23 Å². The monoisotopic (exact) mass is 755 g/mol. The average molecular weight is 756 g/mol. The maximum absolute atomic E-state index is 11.3. The molecule has 7 nitrogen and oxygen atoms in total. The topological polar surface area (TPSA) is 86.6 Å². The summed E-state index contributed by atoms with van der Waals surface area (Å²) in [5.74, 6) is 2.03. The number of hydrogen-bond donors (Lipinski definition) is 1. The predicted octanol–water partition coefficient (Wildman–Crippen LogP) is 11.5. The van der Waals surface area contributed by atoms with Gasteiger partial charge < -0.3 is 18.1 Å². The van der Waals surface area contributed by atoms with Gasteiger partial charge in [-0.25, -0.2) is 15.0 Å². The maximum atomic E-state index is 11.3. The van der Waals surface area contributed by atoms with E-state index in [1.165, 1.54) is 0 Å². The number of aromatic nitrogens is 3. The second-order valence-corrected chi connectivity index (χ2v) is 28.2. The maximum Gasteiger partial charge on any atom is 0.314 e. The molecule has 6 rings (SSSR count). The number of aromatic hydroxyl groups is 1. The van der Waals surface area contributed by atoms with Crippen molar-refractivity contribution in [3.63, 3.8) is 0 Å². The molecule has 0 bridgehead atoms. The van der Waals surface area contributed by atoms with Gasteiger partial charge in [-0.15, -0.1) is 0 Å². The van der Waals surface area contributed by atoms with Crippen molar-refractivity contribution in [3.05, 3.63) is 127 Å². The largest absolute Gasteiger partial charge is 0.507 e. The number of ether oxygens (including phenoxy) is 1. The van der Waals surface area contributed by atoms with Gasteiger partial charge in [-0.05, 0) is 92.7 Å². The Morgan fingerprint density at radius 1 is 0.491 bits per heavy atom. The molecule has 0 spiro atoms. The van der Waals surface area contributed by atoms with Crippen LogP contribution in [0.15, 0.2) is 127 Å². The molecule has 5 aromatic carbocycles. The van der Waals surface area contributed by atoms with Crippen molar-refractivity contribution < 1.29 is 18.1 Å². The van der Waals surface area contributed by atoms with E-state index in [4.69, 9.17) is 27.9 Å². The number of hydrogen-bond acceptors (Lipinski definition) is 7. The quantitative estimate of drug-likeness (QED) is 0.0875. The Morgan fingerprint density at radius 3 is 1.34 bits per heavy atom. The molecule has 0 aliphatic carbocycles.